The van der Waals surface area contributed by atoms with Crippen molar-refractivity contribution in [2.75, 3.05) is 13.7 Å². The third-order valence-electron chi connectivity index (χ3n) is 3.03. The largest absolute Gasteiger partial charge is 0.497 e. The Morgan fingerprint density at radius 1 is 1.50 bits per heavy atom. The highest BCUT2D eigenvalue weighted by molar-refractivity contribution is 5.66. The second-order valence-electron chi connectivity index (χ2n) is 4.42. The zero-order valence-corrected chi connectivity index (χ0v) is 10.3. The molecule has 1 aliphatic rings. The lowest BCUT2D eigenvalue weighted by Crippen LogP contribution is -2.19. The van der Waals surface area contributed by atoms with Crippen molar-refractivity contribution < 1.29 is 19.4 Å². The summed E-state index contributed by atoms with van der Waals surface area (Å²) in [4.78, 5) is 10.5. The summed E-state index contributed by atoms with van der Waals surface area (Å²) in [6, 6.07) is 3.86. The first-order valence-electron chi connectivity index (χ1n) is 5.90. The maximum atomic E-state index is 10.5. The van der Waals surface area contributed by atoms with Crippen molar-refractivity contribution in [2.24, 2.45) is 5.73 Å². The summed E-state index contributed by atoms with van der Waals surface area (Å²) in [6.45, 7) is 0.157. The van der Waals surface area contributed by atoms with Crippen molar-refractivity contribution >= 4 is 5.97 Å². The van der Waals surface area contributed by atoms with Crippen LogP contribution >= 0.6 is 0 Å². The van der Waals surface area contributed by atoms with E-state index in [9.17, 15) is 4.79 Å². The number of methoxy groups -OCH3 is 1. The van der Waals surface area contributed by atoms with Crippen molar-refractivity contribution in [2.45, 2.75) is 25.3 Å². The normalized spacial score (nSPS) is 17.3. The molecular formula is C13H17NO4. The Kier molecular flexibility index (Phi) is 3.72. The maximum absolute atomic E-state index is 10.5. The number of rotatable bonds is 5. The molecule has 18 heavy (non-hydrogen) atoms. The van der Waals surface area contributed by atoms with Crippen LogP contribution in [0.2, 0.25) is 0 Å². The predicted octanol–water partition coefficient (Wildman–Crippen LogP) is 0.975. The number of fused-ring (bicyclic) bond motifs is 1. The first-order chi connectivity index (χ1) is 8.60. The van der Waals surface area contributed by atoms with Crippen molar-refractivity contribution in [1.29, 1.82) is 0 Å². The summed E-state index contributed by atoms with van der Waals surface area (Å²) in [5.74, 6) is 0.540. The van der Waals surface area contributed by atoms with E-state index in [1.54, 1.807) is 13.2 Å². The molecule has 0 saturated carbocycles. The molecule has 0 radical (unpaired) electrons. The lowest BCUT2D eigenvalue weighted by atomic mass is 10.1. The first-order valence-corrected chi connectivity index (χ1v) is 5.90. The highest BCUT2D eigenvalue weighted by Gasteiger charge is 2.23. The number of hydrogen-bond donors (Lipinski definition) is 2. The van der Waals surface area contributed by atoms with Gasteiger partial charge >= 0.3 is 5.97 Å². The highest BCUT2D eigenvalue weighted by Crippen LogP contribution is 2.34. The van der Waals surface area contributed by atoms with E-state index in [0.717, 1.165) is 24.0 Å². The van der Waals surface area contributed by atoms with Gasteiger partial charge in [0.15, 0.2) is 0 Å². The van der Waals surface area contributed by atoms with Gasteiger partial charge in [-0.15, -0.1) is 0 Å². The zero-order valence-electron chi connectivity index (χ0n) is 10.3. The van der Waals surface area contributed by atoms with Crippen molar-refractivity contribution in [1.82, 2.24) is 0 Å². The molecule has 1 unspecified atom stereocenters. The molecule has 0 aliphatic heterocycles. The minimum Gasteiger partial charge on any atom is -0.497 e. The molecule has 0 amide bonds. The monoisotopic (exact) mass is 251 g/mol. The van der Waals surface area contributed by atoms with Crippen molar-refractivity contribution in [3.63, 3.8) is 0 Å². The number of aliphatic carboxylic acids is 1. The molecule has 0 aromatic heterocycles. The van der Waals surface area contributed by atoms with Crippen LogP contribution in [-0.4, -0.2) is 30.8 Å². The summed E-state index contributed by atoms with van der Waals surface area (Å²) >= 11 is 0. The Labute approximate surface area is 106 Å². The van der Waals surface area contributed by atoms with Gasteiger partial charge < -0.3 is 20.3 Å². The summed E-state index contributed by atoms with van der Waals surface area (Å²) < 4.78 is 10.7. The van der Waals surface area contributed by atoms with E-state index >= 15 is 0 Å². The number of hydrogen-bond acceptors (Lipinski definition) is 4. The maximum Gasteiger partial charge on any atom is 0.306 e. The summed E-state index contributed by atoms with van der Waals surface area (Å²) in [5, 5.41) is 8.60. The van der Waals surface area contributed by atoms with Crippen LogP contribution in [0.25, 0.3) is 0 Å². The number of nitrogens with two attached hydrogens (primary N) is 1. The summed E-state index contributed by atoms with van der Waals surface area (Å²) in [5.41, 5.74) is 8.14. The Morgan fingerprint density at radius 3 is 2.94 bits per heavy atom. The molecule has 1 aliphatic carbocycles. The Hall–Kier alpha value is -1.75. The van der Waals surface area contributed by atoms with Crippen molar-refractivity contribution in [3.05, 3.63) is 23.3 Å². The van der Waals surface area contributed by atoms with Gasteiger partial charge in [-0.25, -0.2) is 0 Å². The smallest absolute Gasteiger partial charge is 0.306 e. The average molecular weight is 251 g/mol. The second kappa shape index (κ2) is 5.27. The molecule has 2 rings (SSSR count). The van der Waals surface area contributed by atoms with Gasteiger partial charge in [0, 0.05) is 12.1 Å². The fourth-order valence-corrected chi connectivity index (χ4v) is 2.20. The SMILES string of the molecule is COc1cc2c(c(OCCC(=O)O)c1)CC(N)C2. The number of carbonyl (C=O) groups is 1. The fourth-order valence-electron chi connectivity index (χ4n) is 2.20. The van der Waals surface area contributed by atoms with E-state index < -0.39 is 5.97 Å². The molecule has 98 valence electrons. The van der Waals surface area contributed by atoms with Crippen LogP contribution in [0.3, 0.4) is 0 Å². The Balaban J connectivity index is 2.18. The third-order valence-corrected chi connectivity index (χ3v) is 3.03. The average Bonchev–Trinajstić information content (AvgIpc) is 2.68. The predicted molar refractivity (Wildman–Crippen MR) is 66.1 cm³/mol. The van der Waals surface area contributed by atoms with E-state index in [1.807, 2.05) is 6.07 Å². The number of benzene rings is 1. The van der Waals surface area contributed by atoms with Crippen LogP contribution in [0.5, 0.6) is 11.5 Å². The van der Waals surface area contributed by atoms with Crippen LogP contribution in [0.15, 0.2) is 12.1 Å². The van der Waals surface area contributed by atoms with Crippen LogP contribution in [0, 0.1) is 0 Å². The van der Waals surface area contributed by atoms with Gasteiger partial charge in [0.2, 0.25) is 0 Å². The molecule has 0 bridgehead atoms. The van der Waals surface area contributed by atoms with Gasteiger partial charge in [0.1, 0.15) is 11.5 Å². The minimum absolute atomic E-state index is 0.0158. The van der Waals surface area contributed by atoms with Crippen LogP contribution in [0.4, 0.5) is 0 Å². The van der Waals surface area contributed by atoms with Gasteiger partial charge in [-0.2, -0.15) is 0 Å². The molecule has 5 heteroatoms. The molecule has 0 spiro atoms. The fraction of sp³-hybridized carbons (Fsp3) is 0.462. The van der Waals surface area contributed by atoms with Gasteiger partial charge in [0.05, 0.1) is 20.1 Å². The van der Waals surface area contributed by atoms with Crippen LogP contribution < -0.4 is 15.2 Å². The Morgan fingerprint density at radius 2 is 2.28 bits per heavy atom. The molecule has 1 aromatic carbocycles. The quantitative estimate of drug-likeness (QED) is 0.815. The molecule has 0 heterocycles. The van der Waals surface area contributed by atoms with Crippen LogP contribution in [-0.2, 0) is 17.6 Å². The number of ether oxygens (including phenoxy) is 2. The topological polar surface area (TPSA) is 81.8 Å². The third kappa shape index (κ3) is 2.73. The van der Waals surface area contributed by atoms with E-state index in [2.05, 4.69) is 0 Å². The summed E-state index contributed by atoms with van der Waals surface area (Å²) in [7, 11) is 1.59. The molecule has 3 N–H and O–H groups in total. The molecule has 0 fully saturated rings. The van der Waals surface area contributed by atoms with E-state index in [4.69, 9.17) is 20.3 Å². The van der Waals surface area contributed by atoms with Crippen molar-refractivity contribution in [3.8, 4) is 11.5 Å². The van der Waals surface area contributed by atoms with Gasteiger partial charge in [-0.3, -0.25) is 4.79 Å². The molecular weight excluding hydrogens is 234 g/mol. The van der Waals surface area contributed by atoms with Gasteiger partial charge in [0.25, 0.3) is 0 Å². The molecule has 0 saturated heterocycles. The molecule has 1 aromatic rings. The van der Waals surface area contributed by atoms with E-state index in [-0.39, 0.29) is 19.1 Å². The van der Waals surface area contributed by atoms with E-state index in [1.165, 1.54) is 0 Å². The standard InChI is InChI=1S/C13H17NO4/c1-17-10-5-8-4-9(14)6-11(8)12(7-10)18-3-2-13(15)16/h5,7,9H,2-4,6,14H2,1H3,(H,15,16). The number of carboxylic acids is 1. The van der Waals surface area contributed by atoms with Gasteiger partial charge in [-0.05, 0) is 30.0 Å². The first kappa shape index (κ1) is 12.7. The van der Waals surface area contributed by atoms with Crippen LogP contribution in [0.1, 0.15) is 17.5 Å². The lowest BCUT2D eigenvalue weighted by Gasteiger charge is -2.12. The molecule has 1 atom stereocenters. The zero-order chi connectivity index (χ0) is 13.1. The molecule has 5 nitrogen and oxygen atoms in total. The summed E-state index contributed by atoms with van der Waals surface area (Å²) in [6.07, 6.45) is 1.56. The Bertz CT molecular complexity index is 459. The van der Waals surface area contributed by atoms with Gasteiger partial charge in [-0.1, -0.05) is 0 Å². The second-order valence-corrected chi connectivity index (χ2v) is 4.42. The van der Waals surface area contributed by atoms with E-state index in [0.29, 0.717) is 11.5 Å². The minimum atomic E-state index is -0.869. The highest BCUT2D eigenvalue weighted by atomic mass is 16.5. The number of carboxylic acid groups (broad SMARTS) is 1. The lowest BCUT2D eigenvalue weighted by molar-refractivity contribution is -0.137.